The van der Waals surface area contributed by atoms with Crippen molar-refractivity contribution >= 4 is 29.1 Å². The first-order valence-electron chi connectivity index (χ1n) is 9.34. The van der Waals surface area contributed by atoms with Crippen molar-refractivity contribution in [3.63, 3.8) is 0 Å². The number of aromatic nitrogens is 3. The van der Waals surface area contributed by atoms with Crippen molar-refractivity contribution in [2.75, 3.05) is 18.0 Å². The molecule has 0 saturated carbocycles. The summed E-state index contributed by atoms with van der Waals surface area (Å²) in [6, 6.07) is 4.36. The van der Waals surface area contributed by atoms with Crippen LogP contribution in [0.1, 0.15) is 44.0 Å². The highest BCUT2D eigenvalue weighted by atomic mass is 35.5. The van der Waals surface area contributed by atoms with E-state index in [9.17, 15) is 22.8 Å². The third-order valence-corrected chi connectivity index (χ3v) is 5.99. The molecule has 2 aliphatic rings. The second kappa shape index (κ2) is 6.69. The standard InChI is InChI=1S/C19H19ClF3N5O2/c1-10-15-24-25-16(19(21,22)23)27(15)7-6-26(10)14(29)9-28-13-5-4-11(20)8-12(13)18(2,3)17(28)30/h4-5,8,10H,6-7,9H2,1-3H3. The van der Waals surface area contributed by atoms with Crippen LogP contribution in [0.3, 0.4) is 0 Å². The number of nitrogens with zero attached hydrogens (tertiary/aromatic N) is 5. The van der Waals surface area contributed by atoms with Gasteiger partial charge in [-0.2, -0.15) is 13.2 Å². The molecule has 1 atom stereocenters. The fourth-order valence-electron chi connectivity index (χ4n) is 4.13. The molecule has 0 spiro atoms. The zero-order valence-electron chi connectivity index (χ0n) is 16.5. The highest BCUT2D eigenvalue weighted by Gasteiger charge is 2.46. The maximum absolute atomic E-state index is 13.1. The van der Waals surface area contributed by atoms with E-state index in [1.165, 1.54) is 9.80 Å². The number of benzene rings is 1. The lowest BCUT2D eigenvalue weighted by molar-refractivity contribution is -0.148. The molecule has 1 unspecified atom stereocenters. The molecule has 2 amide bonds. The van der Waals surface area contributed by atoms with E-state index in [-0.39, 0.29) is 37.3 Å². The van der Waals surface area contributed by atoms with Crippen LogP contribution in [0.4, 0.5) is 18.9 Å². The van der Waals surface area contributed by atoms with Gasteiger partial charge in [-0.15, -0.1) is 10.2 Å². The molecule has 0 radical (unpaired) electrons. The summed E-state index contributed by atoms with van der Waals surface area (Å²) in [5, 5.41) is 7.41. The van der Waals surface area contributed by atoms with Crippen molar-refractivity contribution in [1.82, 2.24) is 19.7 Å². The van der Waals surface area contributed by atoms with Crippen molar-refractivity contribution in [2.45, 2.75) is 44.9 Å². The van der Waals surface area contributed by atoms with E-state index < -0.39 is 23.5 Å². The van der Waals surface area contributed by atoms with Crippen LogP contribution in [0.2, 0.25) is 5.02 Å². The average molecular weight is 442 g/mol. The van der Waals surface area contributed by atoms with Crippen molar-refractivity contribution in [3.05, 3.63) is 40.4 Å². The number of rotatable bonds is 2. The van der Waals surface area contributed by atoms with E-state index in [0.29, 0.717) is 10.7 Å². The molecule has 4 rings (SSSR count). The van der Waals surface area contributed by atoms with Gasteiger partial charge >= 0.3 is 6.18 Å². The summed E-state index contributed by atoms with van der Waals surface area (Å²) in [5.74, 6) is -1.61. The Bertz CT molecular complexity index is 1050. The number of hydrogen-bond acceptors (Lipinski definition) is 4. The molecule has 1 aromatic heterocycles. The minimum Gasteiger partial charge on any atom is -0.329 e. The van der Waals surface area contributed by atoms with E-state index in [2.05, 4.69) is 10.2 Å². The molecule has 11 heteroatoms. The number of halogens is 4. The van der Waals surface area contributed by atoms with E-state index in [0.717, 1.165) is 10.1 Å². The largest absolute Gasteiger partial charge is 0.451 e. The minimum atomic E-state index is -4.62. The number of hydrogen-bond donors (Lipinski definition) is 0. The second-order valence-corrected chi connectivity index (χ2v) is 8.41. The molecule has 2 aliphatic heterocycles. The first-order chi connectivity index (χ1) is 13.9. The van der Waals surface area contributed by atoms with Gasteiger partial charge in [-0.3, -0.25) is 9.59 Å². The predicted octanol–water partition coefficient (Wildman–Crippen LogP) is 3.18. The van der Waals surface area contributed by atoms with E-state index in [1.54, 1.807) is 39.0 Å². The maximum atomic E-state index is 13.1. The van der Waals surface area contributed by atoms with Gasteiger partial charge in [0.15, 0.2) is 5.82 Å². The Labute approximate surface area is 175 Å². The highest BCUT2D eigenvalue weighted by molar-refractivity contribution is 6.31. The van der Waals surface area contributed by atoms with Gasteiger partial charge in [-0.1, -0.05) is 11.6 Å². The monoisotopic (exact) mass is 441 g/mol. The van der Waals surface area contributed by atoms with Crippen molar-refractivity contribution in [2.24, 2.45) is 0 Å². The van der Waals surface area contributed by atoms with Crippen molar-refractivity contribution < 1.29 is 22.8 Å². The Morgan fingerprint density at radius 1 is 1.27 bits per heavy atom. The highest BCUT2D eigenvalue weighted by Crippen LogP contribution is 2.43. The quantitative estimate of drug-likeness (QED) is 0.717. The predicted molar refractivity (Wildman–Crippen MR) is 102 cm³/mol. The van der Waals surface area contributed by atoms with Gasteiger partial charge < -0.3 is 14.4 Å². The molecule has 160 valence electrons. The molecule has 30 heavy (non-hydrogen) atoms. The molecule has 2 aromatic rings. The van der Waals surface area contributed by atoms with Crippen molar-refractivity contribution in [1.29, 1.82) is 0 Å². The van der Waals surface area contributed by atoms with Gasteiger partial charge in [0.1, 0.15) is 6.54 Å². The van der Waals surface area contributed by atoms with Crippen molar-refractivity contribution in [3.8, 4) is 0 Å². The lowest BCUT2D eigenvalue weighted by Gasteiger charge is -2.35. The van der Waals surface area contributed by atoms with Crippen LogP contribution >= 0.6 is 11.6 Å². The Hall–Kier alpha value is -2.62. The number of alkyl halides is 3. The fraction of sp³-hybridized carbons (Fsp3) is 0.474. The van der Waals surface area contributed by atoms with Gasteiger partial charge in [0.2, 0.25) is 17.6 Å². The minimum absolute atomic E-state index is 0.0625. The molecule has 0 aliphatic carbocycles. The topological polar surface area (TPSA) is 71.3 Å². The molecule has 0 N–H and O–H groups in total. The van der Waals surface area contributed by atoms with E-state index >= 15 is 0 Å². The number of carbonyl (C=O) groups is 2. The zero-order chi connectivity index (χ0) is 22.0. The summed E-state index contributed by atoms with van der Waals surface area (Å²) < 4.78 is 40.3. The Morgan fingerprint density at radius 2 is 1.97 bits per heavy atom. The second-order valence-electron chi connectivity index (χ2n) is 7.97. The number of fused-ring (bicyclic) bond motifs is 2. The third-order valence-electron chi connectivity index (χ3n) is 5.75. The smallest absolute Gasteiger partial charge is 0.329 e. The maximum Gasteiger partial charge on any atom is 0.451 e. The van der Waals surface area contributed by atoms with Crippen LogP contribution in [0, 0.1) is 0 Å². The molecular weight excluding hydrogens is 423 g/mol. The summed E-state index contributed by atoms with van der Waals surface area (Å²) in [6.45, 7) is 4.90. The summed E-state index contributed by atoms with van der Waals surface area (Å²) in [6.07, 6.45) is -4.62. The third kappa shape index (κ3) is 3.05. The van der Waals surface area contributed by atoms with Gasteiger partial charge in [0.25, 0.3) is 0 Å². The summed E-state index contributed by atoms with van der Waals surface area (Å²) in [4.78, 5) is 28.8. The normalized spacial score (nSPS) is 20.4. The Balaban J connectivity index is 1.59. The average Bonchev–Trinajstić information content (AvgIpc) is 3.17. The Kier molecular flexibility index (Phi) is 4.61. The molecule has 7 nitrogen and oxygen atoms in total. The Morgan fingerprint density at radius 3 is 2.63 bits per heavy atom. The van der Waals surface area contributed by atoms with E-state index in [4.69, 9.17) is 11.6 Å². The fourth-order valence-corrected chi connectivity index (χ4v) is 4.30. The molecular formula is C19H19ClF3N5O2. The number of amides is 2. The van der Waals surface area contributed by atoms with Crippen LogP contribution in [-0.2, 0) is 27.7 Å². The first-order valence-corrected chi connectivity index (χ1v) is 9.72. The van der Waals surface area contributed by atoms with Crippen LogP contribution < -0.4 is 4.90 Å². The summed E-state index contributed by atoms with van der Waals surface area (Å²) in [7, 11) is 0. The lowest BCUT2D eigenvalue weighted by Crippen LogP contribution is -2.48. The summed E-state index contributed by atoms with van der Waals surface area (Å²) in [5.41, 5.74) is 0.500. The van der Waals surface area contributed by atoms with Crippen LogP contribution in [-0.4, -0.2) is 44.6 Å². The van der Waals surface area contributed by atoms with Crippen LogP contribution in [0.5, 0.6) is 0 Å². The summed E-state index contributed by atoms with van der Waals surface area (Å²) >= 11 is 6.07. The number of anilines is 1. The number of carbonyl (C=O) groups excluding carboxylic acids is 2. The van der Waals surface area contributed by atoms with Crippen LogP contribution in [0.25, 0.3) is 0 Å². The SMILES string of the molecule is CC1c2nnc(C(F)(F)F)n2CCN1C(=O)CN1C(=O)C(C)(C)c2cc(Cl)ccc21. The lowest BCUT2D eigenvalue weighted by atomic mass is 9.86. The molecule has 3 heterocycles. The molecule has 0 saturated heterocycles. The van der Waals surface area contributed by atoms with Gasteiger partial charge in [-0.05, 0) is 44.5 Å². The van der Waals surface area contributed by atoms with Crippen LogP contribution in [0.15, 0.2) is 18.2 Å². The molecule has 0 fully saturated rings. The van der Waals surface area contributed by atoms with Gasteiger partial charge in [0.05, 0.1) is 11.5 Å². The molecule has 0 bridgehead atoms. The van der Waals surface area contributed by atoms with E-state index in [1.807, 2.05) is 0 Å². The van der Waals surface area contributed by atoms with Gasteiger partial charge in [0, 0.05) is 23.8 Å². The first kappa shape index (κ1) is 20.6. The van der Waals surface area contributed by atoms with Gasteiger partial charge in [-0.25, -0.2) is 0 Å². The zero-order valence-corrected chi connectivity index (χ0v) is 17.3. The molecule has 1 aromatic carbocycles.